The molecule has 1 aliphatic carbocycles. The Labute approximate surface area is 118 Å². The first kappa shape index (κ1) is 12.1. The number of nitrogens with zero attached hydrogens (tertiary/aromatic N) is 3. The highest BCUT2D eigenvalue weighted by molar-refractivity contribution is 5.74. The summed E-state index contributed by atoms with van der Waals surface area (Å²) in [6.45, 7) is 0. The van der Waals surface area contributed by atoms with Gasteiger partial charge in [-0.05, 0) is 19.3 Å². The highest BCUT2D eigenvalue weighted by Crippen LogP contribution is 2.37. The van der Waals surface area contributed by atoms with Crippen molar-refractivity contribution in [2.24, 2.45) is 5.73 Å². The van der Waals surface area contributed by atoms with Gasteiger partial charge in [-0.25, -0.2) is 9.97 Å². The van der Waals surface area contributed by atoms with Gasteiger partial charge in [-0.15, -0.1) is 0 Å². The summed E-state index contributed by atoms with van der Waals surface area (Å²) < 4.78 is 0. The lowest BCUT2D eigenvalue weighted by atomic mass is 9.77. The smallest absolute Gasteiger partial charge is 0.278 e. The third-order valence-electron chi connectivity index (χ3n) is 3.93. The van der Waals surface area contributed by atoms with Gasteiger partial charge >= 0.3 is 0 Å². The molecule has 7 N–H and O–H groups in total. The molecule has 0 bridgehead atoms. The first-order chi connectivity index (χ1) is 10.0. The first-order valence-corrected chi connectivity index (χ1v) is 6.65. The van der Waals surface area contributed by atoms with Gasteiger partial charge < -0.3 is 21.4 Å². The maximum absolute atomic E-state index is 11.8. The van der Waals surface area contributed by atoms with E-state index in [1.165, 1.54) is 0 Å². The van der Waals surface area contributed by atoms with E-state index in [1.54, 1.807) is 6.20 Å². The molecule has 0 spiro atoms. The molecule has 0 unspecified atom stereocenters. The van der Waals surface area contributed by atoms with Crippen LogP contribution in [0.15, 0.2) is 11.0 Å². The Kier molecular flexibility index (Phi) is 2.25. The van der Waals surface area contributed by atoms with Crippen molar-refractivity contribution in [2.75, 3.05) is 5.73 Å². The Morgan fingerprint density at radius 1 is 1.19 bits per heavy atom. The van der Waals surface area contributed by atoms with E-state index in [4.69, 9.17) is 11.5 Å². The zero-order valence-corrected chi connectivity index (χ0v) is 11.1. The van der Waals surface area contributed by atoms with E-state index in [-0.39, 0.29) is 28.2 Å². The molecule has 3 aromatic rings. The minimum absolute atomic E-state index is 0.0335. The van der Waals surface area contributed by atoms with Crippen molar-refractivity contribution >= 4 is 17.1 Å². The van der Waals surface area contributed by atoms with Gasteiger partial charge in [-0.3, -0.25) is 9.78 Å². The Bertz CT molecular complexity index is 884. The van der Waals surface area contributed by atoms with Gasteiger partial charge in [0.05, 0.1) is 11.7 Å². The number of nitrogen functional groups attached to an aromatic ring is 1. The molecule has 0 saturated heterocycles. The van der Waals surface area contributed by atoms with Crippen molar-refractivity contribution in [2.45, 2.75) is 24.8 Å². The van der Waals surface area contributed by atoms with Crippen molar-refractivity contribution in [3.8, 4) is 11.5 Å². The number of hydrogen-bond donors (Lipinski definition) is 5. The lowest BCUT2D eigenvalue weighted by Gasteiger charge is -2.35. The molecule has 1 fully saturated rings. The van der Waals surface area contributed by atoms with Crippen molar-refractivity contribution in [3.05, 3.63) is 22.4 Å². The molecule has 0 amide bonds. The summed E-state index contributed by atoms with van der Waals surface area (Å²) in [5, 5.41) is 0. The molecule has 9 heteroatoms. The third kappa shape index (κ3) is 1.74. The average molecular weight is 286 g/mol. The van der Waals surface area contributed by atoms with Crippen LogP contribution in [0, 0.1) is 0 Å². The van der Waals surface area contributed by atoms with Gasteiger partial charge in [0.1, 0.15) is 11.5 Å². The fourth-order valence-electron chi connectivity index (χ4n) is 2.54. The van der Waals surface area contributed by atoms with Gasteiger partial charge in [0, 0.05) is 0 Å². The third-order valence-corrected chi connectivity index (χ3v) is 3.93. The largest absolute Gasteiger partial charge is 0.369 e. The molecule has 0 aromatic carbocycles. The van der Waals surface area contributed by atoms with E-state index in [2.05, 4.69) is 29.9 Å². The van der Waals surface area contributed by atoms with E-state index >= 15 is 0 Å². The van der Waals surface area contributed by atoms with Crippen LogP contribution in [0.25, 0.3) is 22.7 Å². The number of fused-ring (bicyclic) bond motifs is 1. The van der Waals surface area contributed by atoms with Gasteiger partial charge in [-0.1, -0.05) is 0 Å². The fourth-order valence-corrected chi connectivity index (χ4v) is 2.54. The first-order valence-electron chi connectivity index (χ1n) is 6.65. The predicted octanol–water partition coefficient (Wildman–Crippen LogP) is -0.0436. The number of aromatic amines is 3. The van der Waals surface area contributed by atoms with Crippen LogP contribution in [0.3, 0.4) is 0 Å². The van der Waals surface area contributed by atoms with Gasteiger partial charge in [-0.2, -0.15) is 4.98 Å². The van der Waals surface area contributed by atoms with Crippen LogP contribution in [-0.4, -0.2) is 29.9 Å². The summed E-state index contributed by atoms with van der Waals surface area (Å²) in [5.74, 6) is 1.26. The molecule has 108 valence electrons. The van der Waals surface area contributed by atoms with Gasteiger partial charge in [0.2, 0.25) is 5.95 Å². The Morgan fingerprint density at radius 3 is 2.71 bits per heavy atom. The number of aromatic nitrogens is 6. The number of rotatable bonds is 2. The second-order valence-electron chi connectivity index (χ2n) is 5.39. The second-order valence-corrected chi connectivity index (χ2v) is 5.39. The van der Waals surface area contributed by atoms with Crippen LogP contribution in [0.2, 0.25) is 0 Å². The molecule has 0 aliphatic heterocycles. The lowest BCUT2D eigenvalue weighted by molar-refractivity contribution is 0.240. The number of nitrogens with one attached hydrogen (secondary N) is 3. The number of anilines is 1. The molecule has 21 heavy (non-hydrogen) atoms. The summed E-state index contributed by atoms with van der Waals surface area (Å²) in [5.41, 5.74) is 12.2. The average Bonchev–Trinajstić information content (AvgIpc) is 3.01. The van der Waals surface area contributed by atoms with Crippen LogP contribution >= 0.6 is 0 Å². The summed E-state index contributed by atoms with van der Waals surface area (Å²) in [6.07, 6.45) is 4.59. The van der Waals surface area contributed by atoms with Crippen LogP contribution in [0.1, 0.15) is 25.1 Å². The normalized spacial score (nSPS) is 17.0. The van der Waals surface area contributed by atoms with E-state index in [0.29, 0.717) is 11.5 Å². The molecule has 1 saturated carbocycles. The molecular formula is C12H14N8O. The number of nitrogens with two attached hydrogens (primary N) is 2. The fraction of sp³-hybridized carbons (Fsp3) is 0.333. The highest BCUT2D eigenvalue weighted by Gasteiger charge is 2.37. The Morgan fingerprint density at radius 2 is 2.00 bits per heavy atom. The van der Waals surface area contributed by atoms with Crippen LogP contribution in [-0.2, 0) is 5.54 Å². The minimum Gasteiger partial charge on any atom is -0.369 e. The summed E-state index contributed by atoms with van der Waals surface area (Å²) in [6, 6.07) is 0. The number of hydrogen-bond acceptors (Lipinski definition) is 6. The molecule has 0 atom stereocenters. The van der Waals surface area contributed by atoms with Crippen molar-refractivity contribution in [1.82, 2.24) is 29.9 Å². The quantitative estimate of drug-likeness (QED) is 0.445. The molecule has 3 aromatic heterocycles. The molecule has 9 nitrogen and oxygen atoms in total. The number of H-pyrrole nitrogens is 3. The van der Waals surface area contributed by atoms with Crippen molar-refractivity contribution in [1.29, 1.82) is 0 Å². The van der Waals surface area contributed by atoms with Gasteiger partial charge in [0.15, 0.2) is 17.0 Å². The highest BCUT2D eigenvalue weighted by atomic mass is 16.1. The van der Waals surface area contributed by atoms with Crippen LogP contribution < -0.4 is 17.0 Å². The Hall–Kier alpha value is -2.68. The lowest BCUT2D eigenvalue weighted by Crippen LogP contribution is -2.44. The topological polar surface area (TPSA) is 155 Å². The molecule has 3 heterocycles. The maximum atomic E-state index is 11.8. The minimum atomic E-state index is -0.371. The molecular weight excluding hydrogens is 272 g/mol. The molecule has 4 rings (SSSR count). The van der Waals surface area contributed by atoms with E-state index in [9.17, 15) is 4.79 Å². The second kappa shape index (κ2) is 3.92. The monoisotopic (exact) mass is 286 g/mol. The zero-order valence-electron chi connectivity index (χ0n) is 11.1. The number of imidazole rings is 2. The maximum Gasteiger partial charge on any atom is 0.278 e. The van der Waals surface area contributed by atoms with Gasteiger partial charge in [0.25, 0.3) is 5.56 Å². The van der Waals surface area contributed by atoms with Crippen molar-refractivity contribution < 1.29 is 0 Å². The predicted molar refractivity (Wildman–Crippen MR) is 76.2 cm³/mol. The van der Waals surface area contributed by atoms with Crippen LogP contribution in [0.4, 0.5) is 5.95 Å². The van der Waals surface area contributed by atoms with Crippen molar-refractivity contribution in [3.63, 3.8) is 0 Å². The van der Waals surface area contributed by atoms with E-state index < -0.39 is 0 Å². The summed E-state index contributed by atoms with van der Waals surface area (Å²) in [4.78, 5) is 32.9. The summed E-state index contributed by atoms with van der Waals surface area (Å²) >= 11 is 0. The molecule has 0 radical (unpaired) electrons. The zero-order chi connectivity index (χ0) is 14.6. The van der Waals surface area contributed by atoms with E-state index in [0.717, 1.165) is 25.1 Å². The Balaban J connectivity index is 1.80. The standard InChI is InChI=1S/C12H14N8O/c13-11-19-8-6(9(21)20-11)17-7(18-8)5-4-15-10(16-5)12(14)2-1-3-12/h4H,1-3,14H2,(H,15,16)(H4,13,17,18,19,20,21). The SMILES string of the molecule is Nc1nc2nc(-c3cnc(C4(N)CCC4)[nH]3)[nH]c2c(=O)[nH]1. The summed E-state index contributed by atoms with van der Waals surface area (Å²) in [7, 11) is 0. The van der Waals surface area contributed by atoms with Crippen LogP contribution in [0.5, 0.6) is 0 Å². The molecule has 1 aliphatic rings. The van der Waals surface area contributed by atoms with E-state index in [1.807, 2.05) is 0 Å².